The number of rotatable bonds is 6. The van der Waals surface area contributed by atoms with Crippen molar-refractivity contribution in [2.75, 3.05) is 6.54 Å². The molecule has 5 atom stereocenters. The van der Waals surface area contributed by atoms with Crippen LogP contribution in [0.15, 0.2) is 0 Å². The first-order chi connectivity index (χ1) is 8.38. The molecule has 0 aromatic carbocycles. The van der Waals surface area contributed by atoms with Gasteiger partial charge in [0.25, 0.3) is 0 Å². The minimum absolute atomic E-state index is 0.888. The van der Waals surface area contributed by atoms with Crippen molar-refractivity contribution >= 4 is 0 Å². The van der Waals surface area contributed by atoms with Gasteiger partial charge in [0.2, 0.25) is 0 Å². The first kappa shape index (κ1) is 10.8. The Bertz CT molecular complexity index is 280. The van der Waals surface area contributed by atoms with E-state index in [0.29, 0.717) is 0 Å². The molecule has 1 heteroatoms. The summed E-state index contributed by atoms with van der Waals surface area (Å²) in [7, 11) is 0. The van der Waals surface area contributed by atoms with E-state index in [1.807, 2.05) is 0 Å². The van der Waals surface area contributed by atoms with Crippen molar-refractivity contribution in [2.45, 2.75) is 57.9 Å². The van der Waals surface area contributed by atoms with Gasteiger partial charge in [-0.2, -0.15) is 0 Å². The highest BCUT2D eigenvalue weighted by Gasteiger charge is 2.66. The summed E-state index contributed by atoms with van der Waals surface area (Å²) in [6, 6.07) is 0.888. The Labute approximate surface area is 106 Å². The molecule has 0 spiro atoms. The SMILES string of the molecule is CCNC(CCC1CC1)C1C2C3CCC(C3)C21. The van der Waals surface area contributed by atoms with E-state index in [1.165, 1.54) is 32.2 Å². The zero-order chi connectivity index (χ0) is 11.4. The molecule has 1 nitrogen and oxygen atoms in total. The predicted octanol–water partition coefficient (Wildman–Crippen LogP) is 3.45. The number of hydrogen-bond donors (Lipinski definition) is 1. The van der Waals surface area contributed by atoms with Crippen molar-refractivity contribution in [2.24, 2.45) is 35.5 Å². The molecule has 17 heavy (non-hydrogen) atoms. The summed E-state index contributed by atoms with van der Waals surface area (Å²) in [6.45, 7) is 3.47. The Morgan fingerprint density at radius 2 is 1.76 bits per heavy atom. The van der Waals surface area contributed by atoms with E-state index in [2.05, 4.69) is 12.2 Å². The molecule has 96 valence electrons. The minimum Gasteiger partial charge on any atom is -0.314 e. The Balaban J connectivity index is 1.38. The van der Waals surface area contributed by atoms with E-state index in [-0.39, 0.29) is 0 Å². The Morgan fingerprint density at radius 3 is 2.35 bits per heavy atom. The van der Waals surface area contributed by atoms with Gasteiger partial charge in [-0.3, -0.25) is 0 Å². The first-order valence-electron chi connectivity index (χ1n) is 8.12. The number of nitrogens with one attached hydrogen (secondary N) is 1. The fraction of sp³-hybridized carbons (Fsp3) is 1.00. The van der Waals surface area contributed by atoms with E-state index in [0.717, 1.165) is 41.5 Å². The van der Waals surface area contributed by atoms with Gasteiger partial charge >= 0.3 is 0 Å². The zero-order valence-corrected chi connectivity index (χ0v) is 11.2. The van der Waals surface area contributed by atoms with Gasteiger partial charge in [-0.25, -0.2) is 0 Å². The molecule has 0 aromatic heterocycles. The first-order valence-corrected chi connectivity index (χ1v) is 8.12. The highest BCUT2D eigenvalue weighted by atomic mass is 14.9. The molecule has 4 rings (SSSR count). The van der Waals surface area contributed by atoms with Crippen molar-refractivity contribution in [1.82, 2.24) is 5.32 Å². The van der Waals surface area contributed by atoms with Crippen molar-refractivity contribution in [3.8, 4) is 0 Å². The topological polar surface area (TPSA) is 12.0 Å². The normalized spacial score (nSPS) is 48.2. The quantitative estimate of drug-likeness (QED) is 0.741. The van der Waals surface area contributed by atoms with Gasteiger partial charge in [-0.1, -0.05) is 19.8 Å². The third-order valence-corrected chi connectivity index (χ3v) is 6.31. The van der Waals surface area contributed by atoms with Crippen LogP contribution in [0.5, 0.6) is 0 Å². The second-order valence-electron chi connectivity index (χ2n) is 7.25. The van der Waals surface area contributed by atoms with Crippen LogP contribution in [0.1, 0.15) is 51.9 Å². The van der Waals surface area contributed by atoms with Crippen molar-refractivity contribution in [1.29, 1.82) is 0 Å². The molecule has 0 heterocycles. The highest BCUT2D eigenvalue weighted by Crippen LogP contribution is 2.70. The summed E-state index contributed by atoms with van der Waals surface area (Å²) < 4.78 is 0. The van der Waals surface area contributed by atoms with Crippen LogP contribution in [0.2, 0.25) is 0 Å². The lowest BCUT2D eigenvalue weighted by molar-refractivity contribution is 0.343. The molecule has 0 amide bonds. The van der Waals surface area contributed by atoms with Gasteiger partial charge in [0, 0.05) is 6.04 Å². The van der Waals surface area contributed by atoms with E-state index < -0.39 is 0 Å². The molecule has 4 aliphatic rings. The van der Waals surface area contributed by atoms with E-state index in [4.69, 9.17) is 0 Å². The third kappa shape index (κ3) is 1.77. The molecule has 2 bridgehead atoms. The molecule has 0 aromatic rings. The maximum absolute atomic E-state index is 3.83. The maximum Gasteiger partial charge on any atom is 0.0101 e. The van der Waals surface area contributed by atoms with Crippen molar-refractivity contribution < 1.29 is 0 Å². The Kier molecular flexibility index (Phi) is 2.54. The lowest BCUT2D eigenvalue weighted by Gasteiger charge is -2.21. The number of fused-ring (bicyclic) bond motifs is 5. The van der Waals surface area contributed by atoms with E-state index in [9.17, 15) is 0 Å². The van der Waals surface area contributed by atoms with E-state index >= 15 is 0 Å². The van der Waals surface area contributed by atoms with Crippen LogP contribution in [-0.4, -0.2) is 12.6 Å². The summed E-state index contributed by atoms with van der Waals surface area (Å²) in [4.78, 5) is 0. The van der Waals surface area contributed by atoms with E-state index in [1.54, 1.807) is 19.3 Å². The summed E-state index contributed by atoms with van der Waals surface area (Å²) in [5.74, 6) is 6.84. The average molecular weight is 233 g/mol. The Morgan fingerprint density at radius 1 is 1.06 bits per heavy atom. The molecule has 4 aliphatic carbocycles. The van der Waals surface area contributed by atoms with Gasteiger partial charge in [0.05, 0.1) is 0 Å². The van der Waals surface area contributed by atoms with Crippen LogP contribution in [0.4, 0.5) is 0 Å². The molecular weight excluding hydrogens is 206 g/mol. The van der Waals surface area contributed by atoms with Gasteiger partial charge in [-0.15, -0.1) is 0 Å². The molecule has 0 saturated heterocycles. The lowest BCUT2D eigenvalue weighted by Crippen LogP contribution is -2.33. The lowest BCUT2D eigenvalue weighted by atomic mass is 9.94. The zero-order valence-electron chi connectivity index (χ0n) is 11.2. The average Bonchev–Trinajstić information content (AvgIpc) is 3.24. The van der Waals surface area contributed by atoms with Gasteiger partial charge in [-0.05, 0) is 74.2 Å². The second-order valence-corrected chi connectivity index (χ2v) is 7.25. The molecular formula is C16H27N. The molecule has 1 N–H and O–H groups in total. The third-order valence-electron chi connectivity index (χ3n) is 6.31. The van der Waals surface area contributed by atoms with Gasteiger partial charge in [0.15, 0.2) is 0 Å². The summed E-state index contributed by atoms with van der Waals surface area (Å²) in [5.41, 5.74) is 0. The van der Waals surface area contributed by atoms with Crippen molar-refractivity contribution in [3.05, 3.63) is 0 Å². The molecule has 0 aliphatic heterocycles. The predicted molar refractivity (Wildman–Crippen MR) is 70.7 cm³/mol. The highest BCUT2D eigenvalue weighted by molar-refractivity contribution is 5.15. The molecule has 4 saturated carbocycles. The second kappa shape index (κ2) is 3.98. The van der Waals surface area contributed by atoms with Gasteiger partial charge in [0.1, 0.15) is 0 Å². The number of hydrogen-bond acceptors (Lipinski definition) is 1. The fourth-order valence-electron chi connectivity index (χ4n) is 5.44. The molecule has 5 unspecified atom stereocenters. The van der Waals surface area contributed by atoms with Crippen LogP contribution in [0.25, 0.3) is 0 Å². The van der Waals surface area contributed by atoms with Crippen LogP contribution in [-0.2, 0) is 0 Å². The molecule has 4 fully saturated rings. The summed E-state index contributed by atoms with van der Waals surface area (Å²) in [5, 5.41) is 3.83. The standard InChI is InChI=1S/C16H27N/c1-2-17-13(8-5-10-3-4-10)16-14-11-6-7-12(9-11)15(14)16/h10-17H,2-9H2,1H3. The fourth-order valence-corrected chi connectivity index (χ4v) is 5.44. The smallest absolute Gasteiger partial charge is 0.0101 e. The Hall–Kier alpha value is -0.0400. The van der Waals surface area contributed by atoms with Crippen LogP contribution >= 0.6 is 0 Å². The minimum atomic E-state index is 0.888. The molecule has 0 radical (unpaired) electrons. The largest absolute Gasteiger partial charge is 0.314 e. The van der Waals surface area contributed by atoms with Crippen LogP contribution in [0.3, 0.4) is 0 Å². The van der Waals surface area contributed by atoms with Gasteiger partial charge < -0.3 is 5.32 Å². The van der Waals surface area contributed by atoms with Crippen LogP contribution < -0.4 is 5.32 Å². The monoisotopic (exact) mass is 233 g/mol. The summed E-state index contributed by atoms with van der Waals surface area (Å²) in [6.07, 6.45) is 10.8. The van der Waals surface area contributed by atoms with Crippen molar-refractivity contribution in [3.63, 3.8) is 0 Å². The van der Waals surface area contributed by atoms with Crippen LogP contribution in [0, 0.1) is 35.5 Å². The summed E-state index contributed by atoms with van der Waals surface area (Å²) >= 11 is 0. The maximum atomic E-state index is 3.83.